The SMILES string of the molecule is COC1C=CC(c2cccc(C(C)c3cc(N)n[nH]3)c2)=C(F)N1. The van der Waals surface area contributed by atoms with Crippen LogP contribution >= 0.6 is 0 Å². The Hall–Kier alpha value is -2.60. The Labute approximate surface area is 134 Å². The molecule has 3 rings (SSSR count). The molecule has 2 heterocycles. The van der Waals surface area contributed by atoms with E-state index >= 15 is 0 Å². The van der Waals surface area contributed by atoms with E-state index in [1.165, 1.54) is 7.11 Å². The molecule has 0 fully saturated rings. The summed E-state index contributed by atoms with van der Waals surface area (Å²) in [7, 11) is 1.53. The van der Waals surface area contributed by atoms with Gasteiger partial charge in [-0.1, -0.05) is 31.2 Å². The number of benzene rings is 1. The number of halogens is 1. The molecule has 6 heteroatoms. The van der Waals surface area contributed by atoms with Gasteiger partial charge in [0.05, 0.1) is 0 Å². The third kappa shape index (κ3) is 3.12. The predicted molar refractivity (Wildman–Crippen MR) is 88.1 cm³/mol. The Kier molecular flexibility index (Phi) is 4.16. The molecule has 0 bridgehead atoms. The second-order valence-corrected chi connectivity index (χ2v) is 5.48. The summed E-state index contributed by atoms with van der Waals surface area (Å²) in [4.78, 5) is 0. The van der Waals surface area contributed by atoms with Gasteiger partial charge in [-0.15, -0.1) is 0 Å². The van der Waals surface area contributed by atoms with Gasteiger partial charge in [-0.3, -0.25) is 5.10 Å². The summed E-state index contributed by atoms with van der Waals surface area (Å²) in [6.07, 6.45) is 3.08. The molecule has 120 valence electrons. The molecule has 0 saturated heterocycles. The molecule has 0 radical (unpaired) electrons. The highest BCUT2D eigenvalue weighted by atomic mass is 19.1. The molecule has 1 aromatic carbocycles. The zero-order chi connectivity index (χ0) is 16.4. The van der Waals surface area contributed by atoms with Crippen molar-refractivity contribution in [1.82, 2.24) is 15.5 Å². The topological polar surface area (TPSA) is 76.0 Å². The lowest BCUT2D eigenvalue weighted by Gasteiger charge is -2.20. The minimum absolute atomic E-state index is 0.0793. The predicted octanol–water partition coefficient (Wildman–Crippen LogP) is 2.91. The van der Waals surface area contributed by atoms with Gasteiger partial charge in [0.15, 0.2) is 5.95 Å². The average Bonchev–Trinajstić information content (AvgIpc) is 3.00. The average molecular weight is 314 g/mol. The maximum absolute atomic E-state index is 14.2. The maximum Gasteiger partial charge on any atom is 0.197 e. The van der Waals surface area contributed by atoms with E-state index < -0.39 is 12.2 Å². The second kappa shape index (κ2) is 6.26. The number of rotatable bonds is 4. The summed E-state index contributed by atoms with van der Waals surface area (Å²) < 4.78 is 19.3. The maximum atomic E-state index is 14.2. The Morgan fingerprint density at radius 3 is 2.83 bits per heavy atom. The van der Waals surface area contributed by atoms with Crippen molar-refractivity contribution in [3.63, 3.8) is 0 Å². The van der Waals surface area contributed by atoms with E-state index in [2.05, 4.69) is 15.5 Å². The third-order valence-electron chi connectivity index (χ3n) is 3.98. The van der Waals surface area contributed by atoms with E-state index in [0.29, 0.717) is 11.4 Å². The van der Waals surface area contributed by atoms with Crippen LogP contribution in [0, 0.1) is 0 Å². The van der Waals surface area contributed by atoms with E-state index in [-0.39, 0.29) is 5.92 Å². The van der Waals surface area contributed by atoms with E-state index in [0.717, 1.165) is 16.8 Å². The van der Waals surface area contributed by atoms with Gasteiger partial charge in [-0.25, -0.2) is 0 Å². The molecule has 0 aliphatic carbocycles. The number of ether oxygens (including phenoxy) is 1. The molecule has 5 nitrogen and oxygen atoms in total. The summed E-state index contributed by atoms with van der Waals surface area (Å²) >= 11 is 0. The summed E-state index contributed by atoms with van der Waals surface area (Å²) in [6, 6.07) is 9.57. The number of nitrogens with zero attached hydrogens (tertiary/aromatic N) is 1. The highest BCUT2D eigenvalue weighted by Crippen LogP contribution is 2.29. The van der Waals surface area contributed by atoms with Gasteiger partial charge in [0.25, 0.3) is 0 Å². The number of H-pyrrole nitrogens is 1. The van der Waals surface area contributed by atoms with Crippen LogP contribution in [0.4, 0.5) is 10.2 Å². The number of hydrogen-bond donors (Lipinski definition) is 3. The molecule has 2 atom stereocenters. The summed E-state index contributed by atoms with van der Waals surface area (Å²) in [5, 5.41) is 9.54. The summed E-state index contributed by atoms with van der Waals surface area (Å²) in [5.41, 5.74) is 8.94. The normalized spacial score (nSPS) is 18.8. The van der Waals surface area contributed by atoms with Crippen molar-refractivity contribution in [3.8, 4) is 0 Å². The molecule has 1 aromatic heterocycles. The number of anilines is 1. The molecule has 4 N–H and O–H groups in total. The van der Waals surface area contributed by atoms with Crippen molar-refractivity contribution < 1.29 is 9.13 Å². The lowest BCUT2D eigenvalue weighted by molar-refractivity contribution is 0.113. The minimum Gasteiger partial charge on any atom is -0.382 e. The van der Waals surface area contributed by atoms with Crippen LogP contribution in [-0.2, 0) is 4.74 Å². The van der Waals surface area contributed by atoms with Crippen LogP contribution in [-0.4, -0.2) is 23.5 Å². The fourth-order valence-electron chi connectivity index (χ4n) is 2.60. The van der Waals surface area contributed by atoms with Crippen LogP contribution in [0.2, 0.25) is 0 Å². The van der Waals surface area contributed by atoms with Crippen molar-refractivity contribution in [1.29, 1.82) is 0 Å². The van der Waals surface area contributed by atoms with Crippen molar-refractivity contribution in [2.24, 2.45) is 0 Å². The van der Waals surface area contributed by atoms with Crippen LogP contribution in [0.15, 0.2) is 48.4 Å². The van der Waals surface area contributed by atoms with E-state index in [4.69, 9.17) is 10.5 Å². The minimum atomic E-state index is -0.436. The summed E-state index contributed by atoms with van der Waals surface area (Å²) in [6.45, 7) is 2.05. The molecule has 1 aliphatic heterocycles. The second-order valence-electron chi connectivity index (χ2n) is 5.48. The van der Waals surface area contributed by atoms with Gasteiger partial charge in [0.1, 0.15) is 12.0 Å². The number of hydrogen-bond acceptors (Lipinski definition) is 4. The standard InChI is InChI=1S/C17H19FN4O/c1-10(14-9-15(19)22-21-14)11-4-3-5-12(8-11)13-6-7-16(23-2)20-17(13)18/h3-10,16,20H,1-2H3,(H3,19,21,22). The zero-order valence-electron chi connectivity index (χ0n) is 13.0. The van der Waals surface area contributed by atoms with Crippen LogP contribution in [0.1, 0.15) is 29.7 Å². The number of nitrogens with one attached hydrogen (secondary N) is 2. The smallest absolute Gasteiger partial charge is 0.197 e. The van der Waals surface area contributed by atoms with Crippen molar-refractivity contribution in [3.05, 3.63) is 65.3 Å². The number of aromatic nitrogens is 2. The fourth-order valence-corrected chi connectivity index (χ4v) is 2.60. The van der Waals surface area contributed by atoms with Crippen LogP contribution in [0.3, 0.4) is 0 Å². The first-order valence-electron chi connectivity index (χ1n) is 7.37. The molecule has 23 heavy (non-hydrogen) atoms. The molecule has 1 aliphatic rings. The van der Waals surface area contributed by atoms with Gasteiger partial charge in [-0.2, -0.15) is 9.49 Å². The van der Waals surface area contributed by atoms with Crippen molar-refractivity contribution in [2.45, 2.75) is 19.1 Å². The Morgan fingerprint density at radius 2 is 2.17 bits per heavy atom. The number of dihydropyridines is 1. The van der Waals surface area contributed by atoms with E-state index in [1.54, 1.807) is 12.2 Å². The number of methoxy groups -OCH3 is 1. The van der Waals surface area contributed by atoms with Gasteiger partial charge in [0, 0.05) is 30.4 Å². The number of nitrogens with two attached hydrogens (primary N) is 1. The fraction of sp³-hybridized carbons (Fsp3) is 0.235. The lowest BCUT2D eigenvalue weighted by atomic mass is 9.93. The first kappa shape index (κ1) is 15.3. The van der Waals surface area contributed by atoms with Gasteiger partial charge in [0.2, 0.25) is 0 Å². The van der Waals surface area contributed by atoms with Crippen LogP contribution < -0.4 is 11.1 Å². The lowest BCUT2D eigenvalue weighted by Crippen LogP contribution is -2.29. The summed E-state index contributed by atoms with van der Waals surface area (Å²) in [5.74, 6) is 0.146. The molecule has 2 aromatic rings. The van der Waals surface area contributed by atoms with Gasteiger partial charge in [-0.05, 0) is 23.3 Å². The highest BCUT2D eigenvalue weighted by molar-refractivity contribution is 5.76. The molecular formula is C17H19FN4O. The number of allylic oxidation sites excluding steroid dienone is 2. The first-order valence-corrected chi connectivity index (χ1v) is 7.37. The molecule has 0 saturated carbocycles. The van der Waals surface area contributed by atoms with E-state index in [1.807, 2.05) is 37.3 Å². The van der Waals surface area contributed by atoms with Gasteiger partial charge < -0.3 is 15.8 Å². The Bertz CT molecular complexity index is 765. The Morgan fingerprint density at radius 1 is 1.35 bits per heavy atom. The van der Waals surface area contributed by atoms with Crippen LogP contribution in [0.5, 0.6) is 0 Å². The highest BCUT2D eigenvalue weighted by Gasteiger charge is 2.17. The molecule has 0 amide bonds. The quantitative estimate of drug-likeness (QED) is 0.759. The Balaban J connectivity index is 1.90. The monoisotopic (exact) mass is 314 g/mol. The van der Waals surface area contributed by atoms with Crippen molar-refractivity contribution in [2.75, 3.05) is 12.8 Å². The van der Waals surface area contributed by atoms with Gasteiger partial charge >= 0.3 is 0 Å². The number of nitrogen functional groups attached to an aromatic ring is 1. The third-order valence-corrected chi connectivity index (χ3v) is 3.98. The van der Waals surface area contributed by atoms with E-state index in [9.17, 15) is 4.39 Å². The molecule has 0 spiro atoms. The van der Waals surface area contributed by atoms with Crippen LogP contribution in [0.25, 0.3) is 5.57 Å². The molecular weight excluding hydrogens is 295 g/mol. The zero-order valence-corrected chi connectivity index (χ0v) is 13.0. The number of aromatic amines is 1. The molecule has 2 unspecified atom stereocenters. The van der Waals surface area contributed by atoms with Crippen molar-refractivity contribution >= 4 is 11.4 Å². The largest absolute Gasteiger partial charge is 0.382 e. The first-order chi connectivity index (χ1) is 11.1.